The van der Waals surface area contributed by atoms with Crippen molar-refractivity contribution in [3.05, 3.63) is 66.4 Å². The van der Waals surface area contributed by atoms with Gasteiger partial charge in [0.15, 0.2) is 0 Å². The molecule has 5 nitrogen and oxygen atoms in total. The van der Waals surface area contributed by atoms with Gasteiger partial charge in [0.05, 0.1) is 11.1 Å². The third kappa shape index (κ3) is 2.61. The monoisotopic (exact) mass is 265 g/mol. The summed E-state index contributed by atoms with van der Waals surface area (Å²) in [4.78, 5) is 23.9. The molecule has 0 aliphatic heterocycles. The van der Waals surface area contributed by atoms with E-state index in [9.17, 15) is 4.79 Å². The second-order valence-corrected chi connectivity index (χ2v) is 4.23. The molecule has 0 aliphatic rings. The van der Waals surface area contributed by atoms with E-state index in [2.05, 4.69) is 15.0 Å². The molecule has 0 unspecified atom stereocenters. The van der Waals surface area contributed by atoms with Gasteiger partial charge in [-0.25, -0.2) is 14.8 Å². The van der Waals surface area contributed by atoms with Gasteiger partial charge in [0.2, 0.25) is 0 Å². The molecule has 0 N–H and O–H groups in total. The highest BCUT2D eigenvalue weighted by molar-refractivity contribution is 5.94. The Bertz CT molecular complexity index is 744. The number of carbonyl (C=O) groups is 1. The van der Waals surface area contributed by atoms with E-state index in [-0.39, 0.29) is 12.6 Å². The van der Waals surface area contributed by atoms with Crippen molar-refractivity contribution in [2.45, 2.75) is 6.61 Å². The molecule has 0 spiro atoms. The Balaban J connectivity index is 1.75. The van der Waals surface area contributed by atoms with Gasteiger partial charge in [-0.2, -0.15) is 0 Å². The minimum absolute atomic E-state index is 0.157. The van der Waals surface area contributed by atoms with Crippen LogP contribution in [0.5, 0.6) is 0 Å². The van der Waals surface area contributed by atoms with Crippen LogP contribution in [0.2, 0.25) is 0 Å². The highest BCUT2D eigenvalue weighted by atomic mass is 16.5. The van der Waals surface area contributed by atoms with Crippen LogP contribution in [0.3, 0.4) is 0 Å². The third-order valence-electron chi connectivity index (χ3n) is 2.82. The Labute approximate surface area is 115 Å². The fraction of sp³-hybridized carbons (Fsp3) is 0.0667. The summed E-state index contributed by atoms with van der Waals surface area (Å²) in [7, 11) is 0. The highest BCUT2D eigenvalue weighted by Gasteiger charge is 2.08. The molecule has 0 saturated heterocycles. The molecule has 3 aromatic rings. The summed E-state index contributed by atoms with van der Waals surface area (Å²) in [6, 6.07) is 9.02. The third-order valence-corrected chi connectivity index (χ3v) is 2.82. The van der Waals surface area contributed by atoms with Crippen LogP contribution in [-0.4, -0.2) is 20.9 Å². The number of nitrogens with zero attached hydrogens (tertiary/aromatic N) is 3. The van der Waals surface area contributed by atoms with E-state index in [1.165, 1.54) is 6.33 Å². The van der Waals surface area contributed by atoms with Crippen molar-refractivity contribution in [3.63, 3.8) is 0 Å². The number of fused-ring (bicyclic) bond motifs is 1. The molecule has 1 aromatic carbocycles. The Morgan fingerprint density at radius 1 is 1.15 bits per heavy atom. The predicted molar refractivity (Wildman–Crippen MR) is 72.9 cm³/mol. The van der Waals surface area contributed by atoms with Gasteiger partial charge < -0.3 is 4.74 Å². The first kappa shape index (κ1) is 12.2. The average molecular weight is 265 g/mol. The number of aromatic nitrogens is 3. The van der Waals surface area contributed by atoms with Crippen LogP contribution in [0.4, 0.5) is 0 Å². The number of esters is 1. The summed E-state index contributed by atoms with van der Waals surface area (Å²) in [5.74, 6) is -0.375. The zero-order valence-electron chi connectivity index (χ0n) is 10.6. The van der Waals surface area contributed by atoms with Crippen LogP contribution < -0.4 is 0 Å². The minimum atomic E-state index is -0.375. The van der Waals surface area contributed by atoms with Gasteiger partial charge >= 0.3 is 5.97 Å². The van der Waals surface area contributed by atoms with E-state index in [0.29, 0.717) is 5.56 Å². The van der Waals surface area contributed by atoms with E-state index in [4.69, 9.17) is 4.74 Å². The van der Waals surface area contributed by atoms with Crippen LogP contribution in [0, 0.1) is 0 Å². The first-order valence-corrected chi connectivity index (χ1v) is 6.09. The molecule has 0 fully saturated rings. The van der Waals surface area contributed by atoms with Gasteiger partial charge in [0.25, 0.3) is 0 Å². The SMILES string of the molecule is O=C(OCc1cncnc1)c1ccc2ncccc2c1. The number of hydrogen-bond donors (Lipinski definition) is 0. The molecule has 98 valence electrons. The van der Waals surface area contributed by atoms with Crippen molar-refractivity contribution in [2.24, 2.45) is 0 Å². The van der Waals surface area contributed by atoms with Crippen LogP contribution in [-0.2, 0) is 11.3 Å². The molecular weight excluding hydrogens is 254 g/mol. The largest absolute Gasteiger partial charge is 0.457 e. The summed E-state index contributed by atoms with van der Waals surface area (Å²) in [5.41, 5.74) is 2.10. The van der Waals surface area contributed by atoms with E-state index in [1.807, 2.05) is 12.1 Å². The second kappa shape index (κ2) is 5.44. The standard InChI is InChI=1S/C15H11N3O2/c19-15(20-9-11-7-16-10-17-8-11)13-3-4-14-12(6-13)2-1-5-18-14/h1-8,10H,9H2. The lowest BCUT2D eigenvalue weighted by molar-refractivity contribution is 0.0472. The average Bonchev–Trinajstić information content (AvgIpc) is 2.53. The van der Waals surface area contributed by atoms with Gasteiger partial charge in [-0.1, -0.05) is 6.07 Å². The molecule has 0 saturated carbocycles. The summed E-state index contributed by atoms with van der Waals surface area (Å²) < 4.78 is 5.22. The normalized spacial score (nSPS) is 10.4. The molecule has 0 bridgehead atoms. The molecular formula is C15H11N3O2. The summed E-state index contributed by atoms with van der Waals surface area (Å²) >= 11 is 0. The maximum atomic E-state index is 12.0. The maximum absolute atomic E-state index is 12.0. The molecule has 0 atom stereocenters. The Hall–Kier alpha value is -2.82. The first-order valence-electron chi connectivity index (χ1n) is 6.09. The summed E-state index contributed by atoms with van der Waals surface area (Å²) in [6.45, 7) is 0.157. The lowest BCUT2D eigenvalue weighted by Crippen LogP contribution is -2.05. The fourth-order valence-electron chi connectivity index (χ4n) is 1.84. The van der Waals surface area contributed by atoms with Crippen LogP contribution in [0.15, 0.2) is 55.2 Å². The van der Waals surface area contributed by atoms with E-state index in [1.54, 1.807) is 36.8 Å². The number of rotatable bonds is 3. The quantitative estimate of drug-likeness (QED) is 0.680. The summed E-state index contributed by atoms with van der Waals surface area (Å²) in [5, 5.41) is 0.907. The smallest absolute Gasteiger partial charge is 0.338 e. The number of carbonyl (C=O) groups excluding carboxylic acids is 1. The van der Waals surface area contributed by atoms with Crippen LogP contribution in [0.1, 0.15) is 15.9 Å². The van der Waals surface area contributed by atoms with Gasteiger partial charge in [0, 0.05) is 29.5 Å². The molecule has 3 rings (SSSR count). The van der Waals surface area contributed by atoms with Crippen molar-refractivity contribution < 1.29 is 9.53 Å². The van der Waals surface area contributed by atoms with Gasteiger partial charge in [-0.15, -0.1) is 0 Å². The number of pyridine rings is 1. The lowest BCUT2D eigenvalue weighted by atomic mass is 10.1. The van der Waals surface area contributed by atoms with Crippen molar-refractivity contribution in [2.75, 3.05) is 0 Å². The first-order chi connectivity index (χ1) is 9.83. The van der Waals surface area contributed by atoms with Crippen molar-refractivity contribution in [3.8, 4) is 0 Å². The second-order valence-electron chi connectivity index (χ2n) is 4.23. The zero-order chi connectivity index (χ0) is 13.8. The van der Waals surface area contributed by atoms with E-state index in [0.717, 1.165) is 16.5 Å². The summed E-state index contributed by atoms with van der Waals surface area (Å²) in [6.07, 6.45) is 6.38. The Morgan fingerprint density at radius 3 is 2.85 bits per heavy atom. The van der Waals surface area contributed by atoms with E-state index >= 15 is 0 Å². The van der Waals surface area contributed by atoms with Gasteiger partial charge in [-0.05, 0) is 24.3 Å². The molecule has 2 heterocycles. The number of benzene rings is 1. The van der Waals surface area contributed by atoms with Crippen molar-refractivity contribution in [1.82, 2.24) is 15.0 Å². The Kier molecular flexibility index (Phi) is 3.33. The molecule has 0 radical (unpaired) electrons. The molecule has 2 aromatic heterocycles. The van der Waals surface area contributed by atoms with Crippen molar-refractivity contribution >= 4 is 16.9 Å². The minimum Gasteiger partial charge on any atom is -0.457 e. The fourth-order valence-corrected chi connectivity index (χ4v) is 1.84. The maximum Gasteiger partial charge on any atom is 0.338 e. The number of hydrogen-bond acceptors (Lipinski definition) is 5. The molecule has 0 amide bonds. The molecule has 0 aliphatic carbocycles. The van der Waals surface area contributed by atoms with Gasteiger partial charge in [-0.3, -0.25) is 4.98 Å². The molecule has 20 heavy (non-hydrogen) atoms. The lowest BCUT2D eigenvalue weighted by Gasteiger charge is -2.05. The van der Waals surface area contributed by atoms with E-state index < -0.39 is 0 Å². The number of ether oxygens (including phenoxy) is 1. The van der Waals surface area contributed by atoms with Crippen molar-refractivity contribution in [1.29, 1.82) is 0 Å². The van der Waals surface area contributed by atoms with Gasteiger partial charge in [0.1, 0.15) is 12.9 Å². The highest BCUT2D eigenvalue weighted by Crippen LogP contribution is 2.14. The predicted octanol–water partition coefficient (Wildman–Crippen LogP) is 2.38. The van der Waals surface area contributed by atoms with Crippen LogP contribution >= 0.6 is 0 Å². The molecule has 5 heteroatoms. The van der Waals surface area contributed by atoms with Crippen LogP contribution in [0.25, 0.3) is 10.9 Å². The topological polar surface area (TPSA) is 65.0 Å². The Morgan fingerprint density at radius 2 is 2.00 bits per heavy atom. The zero-order valence-corrected chi connectivity index (χ0v) is 10.6.